The van der Waals surface area contributed by atoms with E-state index in [0.29, 0.717) is 0 Å². The van der Waals surface area contributed by atoms with Crippen LogP contribution in [-0.4, -0.2) is 28.0 Å². The van der Waals surface area contributed by atoms with Crippen molar-refractivity contribution in [2.75, 3.05) is 13.2 Å². The Labute approximate surface area is 91.3 Å². The maximum Gasteiger partial charge on any atom is 0.0534 e. The van der Waals surface area contributed by atoms with Gasteiger partial charge in [0.2, 0.25) is 0 Å². The average molecular weight is 211 g/mol. The first-order valence-corrected chi connectivity index (χ1v) is 5.40. The number of aliphatic hydroxyl groups excluding tert-OH is 1. The lowest BCUT2D eigenvalue weighted by Gasteiger charge is -2.21. The van der Waals surface area contributed by atoms with Gasteiger partial charge < -0.3 is 10.4 Å². The highest BCUT2D eigenvalue weighted by molar-refractivity contribution is 5.03. The molecule has 0 aromatic carbocycles. The van der Waals surface area contributed by atoms with Gasteiger partial charge in [0.05, 0.1) is 6.20 Å². The van der Waals surface area contributed by atoms with Crippen LogP contribution < -0.4 is 5.32 Å². The van der Waals surface area contributed by atoms with E-state index in [1.807, 2.05) is 30.9 Å². The molecule has 1 aromatic rings. The molecule has 4 nitrogen and oxygen atoms in total. The molecule has 0 atom stereocenters. The molecule has 1 rings (SSSR count). The number of aliphatic hydroxyl groups is 1. The van der Waals surface area contributed by atoms with Gasteiger partial charge in [-0.3, -0.25) is 4.68 Å². The predicted octanol–water partition coefficient (Wildman–Crippen LogP) is 1.01. The third-order valence-electron chi connectivity index (χ3n) is 2.37. The van der Waals surface area contributed by atoms with Crippen LogP contribution in [0.25, 0.3) is 0 Å². The van der Waals surface area contributed by atoms with Gasteiger partial charge in [-0.05, 0) is 6.92 Å². The standard InChI is InChI=1S/C11H21N3O/c1-4-14-7-10(6-13-14)5-12-8-11(2,3)9-15/h6-7,12,15H,4-5,8-9H2,1-3H3. The lowest BCUT2D eigenvalue weighted by atomic mass is 9.95. The van der Waals surface area contributed by atoms with Crippen LogP contribution in [0.3, 0.4) is 0 Å². The van der Waals surface area contributed by atoms with Crippen molar-refractivity contribution in [1.82, 2.24) is 15.1 Å². The predicted molar refractivity (Wildman–Crippen MR) is 60.5 cm³/mol. The van der Waals surface area contributed by atoms with Crippen molar-refractivity contribution in [3.05, 3.63) is 18.0 Å². The highest BCUT2D eigenvalue weighted by Crippen LogP contribution is 2.11. The largest absolute Gasteiger partial charge is 0.396 e. The summed E-state index contributed by atoms with van der Waals surface area (Å²) in [5.74, 6) is 0. The quantitative estimate of drug-likeness (QED) is 0.738. The summed E-state index contributed by atoms with van der Waals surface area (Å²) < 4.78 is 1.91. The second kappa shape index (κ2) is 5.28. The summed E-state index contributed by atoms with van der Waals surface area (Å²) in [6.07, 6.45) is 3.92. The lowest BCUT2D eigenvalue weighted by molar-refractivity contribution is 0.156. The van der Waals surface area contributed by atoms with Crippen LogP contribution in [0.5, 0.6) is 0 Å². The Balaban J connectivity index is 2.31. The molecule has 86 valence electrons. The third-order valence-corrected chi connectivity index (χ3v) is 2.37. The molecule has 0 aliphatic carbocycles. The summed E-state index contributed by atoms with van der Waals surface area (Å²) >= 11 is 0. The van der Waals surface area contributed by atoms with Crippen LogP contribution in [0.1, 0.15) is 26.3 Å². The normalized spacial score (nSPS) is 12.0. The number of hydrogen-bond donors (Lipinski definition) is 2. The topological polar surface area (TPSA) is 50.1 Å². The van der Waals surface area contributed by atoms with E-state index in [1.165, 1.54) is 5.56 Å². The summed E-state index contributed by atoms with van der Waals surface area (Å²) in [5, 5.41) is 16.6. The average Bonchev–Trinajstić information content (AvgIpc) is 2.66. The van der Waals surface area contributed by atoms with Crippen LogP contribution in [0, 0.1) is 5.41 Å². The van der Waals surface area contributed by atoms with Gasteiger partial charge in [0.25, 0.3) is 0 Å². The van der Waals surface area contributed by atoms with E-state index in [-0.39, 0.29) is 12.0 Å². The molecule has 0 spiro atoms. The van der Waals surface area contributed by atoms with Crippen molar-refractivity contribution in [2.45, 2.75) is 33.9 Å². The molecule has 0 amide bonds. The van der Waals surface area contributed by atoms with Gasteiger partial charge in [0, 0.05) is 43.4 Å². The Morgan fingerprint density at radius 3 is 2.80 bits per heavy atom. The number of nitrogens with zero attached hydrogens (tertiary/aromatic N) is 2. The highest BCUT2D eigenvalue weighted by Gasteiger charge is 2.15. The Morgan fingerprint density at radius 2 is 2.27 bits per heavy atom. The van der Waals surface area contributed by atoms with Crippen molar-refractivity contribution in [3.63, 3.8) is 0 Å². The number of nitrogens with one attached hydrogen (secondary N) is 1. The van der Waals surface area contributed by atoms with Gasteiger partial charge in [0.15, 0.2) is 0 Å². The lowest BCUT2D eigenvalue weighted by Crippen LogP contribution is -2.31. The molecular weight excluding hydrogens is 190 g/mol. The van der Waals surface area contributed by atoms with Crippen LogP contribution >= 0.6 is 0 Å². The molecule has 2 N–H and O–H groups in total. The van der Waals surface area contributed by atoms with Crippen LogP contribution in [0.15, 0.2) is 12.4 Å². The zero-order valence-electron chi connectivity index (χ0n) is 9.82. The van der Waals surface area contributed by atoms with Gasteiger partial charge in [-0.2, -0.15) is 5.10 Å². The SMILES string of the molecule is CCn1cc(CNCC(C)(C)CO)cn1. The molecule has 0 aliphatic rings. The fraction of sp³-hybridized carbons (Fsp3) is 0.727. The van der Waals surface area contributed by atoms with Crippen LogP contribution in [-0.2, 0) is 13.1 Å². The Kier molecular flexibility index (Phi) is 4.29. The minimum absolute atomic E-state index is 0.0548. The van der Waals surface area contributed by atoms with Crippen molar-refractivity contribution in [1.29, 1.82) is 0 Å². The van der Waals surface area contributed by atoms with Crippen molar-refractivity contribution < 1.29 is 5.11 Å². The number of hydrogen-bond acceptors (Lipinski definition) is 3. The van der Waals surface area contributed by atoms with E-state index < -0.39 is 0 Å². The summed E-state index contributed by atoms with van der Waals surface area (Å²) in [5.41, 5.74) is 1.13. The zero-order valence-corrected chi connectivity index (χ0v) is 9.82. The smallest absolute Gasteiger partial charge is 0.0534 e. The molecular formula is C11H21N3O. The van der Waals surface area contributed by atoms with Gasteiger partial charge >= 0.3 is 0 Å². The van der Waals surface area contributed by atoms with E-state index >= 15 is 0 Å². The minimum Gasteiger partial charge on any atom is -0.396 e. The summed E-state index contributed by atoms with van der Waals surface area (Å²) in [4.78, 5) is 0. The summed E-state index contributed by atoms with van der Waals surface area (Å²) in [6.45, 7) is 8.87. The van der Waals surface area contributed by atoms with Crippen molar-refractivity contribution in [2.24, 2.45) is 5.41 Å². The molecule has 0 aliphatic heterocycles. The molecule has 0 saturated heterocycles. The Hall–Kier alpha value is -0.870. The number of aryl methyl sites for hydroxylation is 1. The second-order valence-electron chi connectivity index (χ2n) is 4.63. The first-order valence-electron chi connectivity index (χ1n) is 5.40. The molecule has 0 saturated carbocycles. The summed E-state index contributed by atoms with van der Waals surface area (Å²) in [6, 6.07) is 0. The first kappa shape index (κ1) is 12.2. The molecule has 1 aromatic heterocycles. The maximum absolute atomic E-state index is 9.08. The molecule has 0 bridgehead atoms. The fourth-order valence-electron chi connectivity index (χ4n) is 1.27. The van der Waals surface area contributed by atoms with Gasteiger partial charge in [-0.15, -0.1) is 0 Å². The highest BCUT2D eigenvalue weighted by atomic mass is 16.3. The van der Waals surface area contributed by atoms with E-state index in [4.69, 9.17) is 5.11 Å². The minimum atomic E-state index is -0.0548. The van der Waals surface area contributed by atoms with Gasteiger partial charge in [-0.1, -0.05) is 13.8 Å². The molecule has 0 radical (unpaired) electrons. The molecule has 15 heavy (non-hydrogen) atoms. The van der Waals surface area contributed by atoms with Crippen molar-refractivity contribution >= 4 is 0 Å². The zero-order chi connectivity index (χ0) is 11.3. The maximum atomic E-state index is 9.08. The summed E-state index contributed by atoms with van der Waals surface area (Å²) in [7, 11) is 0. The molecule has 4 heteroatoms. The fourth-order valence-corrected chi connectivity index (χ4v) is 1.27. The van der Waals surface area contributed by atoms with Crippen molar-refractivity contribution in [3.8, 4) is 0 Å². The number of aromatic nitrogens is 2. The van der Waals surface area contributed by atoms with Gasteiger partial charge in [0.1, 0.15) is 0 Å². The van der Waals surface area contributed by atoms with Crippen LogP contribution in [0.4, 0.5) is 0 Å². The molecule has 0 fully saturated rings. The monoisotopic (exact) mass is 211 g/mol. The Bertz CT molecular complexity index is 294. The van der Waals surface area contributed by atoms with E-state index in [9.17, 15) is 0 Å². The number of rotatable bonds is 6. The van der Waals surface area contributed by atoms with Crippen LogP contribution in [0.2, 0.25) is 0 Å². The van der Waals surface area contributed by atoms with E-state index in [2.05, 4.69) is 17.3 Å². The first-order chi connectivity index (χ1) is 7.07. The molecule has 1 heterocycles. The second-order valence-corrected chi connectivity index (χ2v) is 4.63. The van der Waals surface area contributed by atoms with E-state index in [1.54, 1.807) is 0 Å². The van der Waals surface area contributed by atoms with Gasteiger partial charge in [-0.25, -0.2) is 0 Å². The molecule has 0 unspecified atom stereocenters. The Morgan fingerprint density at radius 1 is 1.53 bits per heavy atom. The van der Waals surface area contributed by atoms with E-state index in [0.717, 1.165) is 19.6 Å². The third kappa shape index (κ3) is 4.01.